The Bertz CT molecular complexity index is 595. The number of hydrogen-bond acceptors (Lipinski definition) is 5. The lowest BCUT2D eigenvalue weighted by Gasteiger charge is -2.26. The molecule has 0 aromatic heterocycles. The summed E-state index contributed by atoms with van der Waals surface area (Å²) in [4.78, 5) is 10.2. The minimum atomic E-state index is -1.02. The zero-order valence-electron chi connectivity index (χ0n) is 11.1. The van der Waals surface area contributed by atoms with E-state index in [4.69, 9.17) is 10.00 Å². The van der Waals surface area contributed by atoms with Crippen LogP contribution in [-0.2, 0) is 4.74 Å². The molecule has 0 aliphatic carbocycles. The van der Waals surface area contributed by atoms with Gasteiger partial charge in [0.05, 0.1) is 35.8 Å². The molecule has 0 saturated carbocycles. The van der Waals surface area contributed by atoms with E-state index in [1.807, 2.05) is 13.8 Å². The summed E-state index contributed by atoms with van der Waals surface area (Å²) in [5.41, 5.74) is -0.832. The van der Waals surface area contributed by atoms with Gasteiger partial charge in [-0.15, -0.1) is 0 Å². The second kappa shape index (κ2) is 5.06. The van der Waals surface area contributed by atoms with Crippen LogP contribution in [0.2, 0.25) is 0 Å². The number of ether oxygens (including phenoxy) is 1. The summed E-state index contributed by atoms with van der Waals surface area (Å²) in [6, 6.07) is 3.75. The molecule has 7 heteroatoms. The molecule has 6 nitrogen and oxygen atoms in total. The Morgan fingerprint density at radius 1 is 1.60 bits per heavy atom. The first-order valence-corrected chi connectivity index (χ1v) is 6.07. The number of benzene rings is 1. The topological polar surface area (TPSA) is 88.2 Å². The quantitative estimate of drug-likeness (QED) is 0.678. The van der Waals surface area contributed by atoms with E-state index in [0.717, 1.165) is 6.07 Å². The van der Waals surface area contributed by atoms with E-state index in [-0.39, 0.29) is 22.7 Å². The highest BCUT2D eigenvalue weighted by Crippen LogP contribution is 2.35. The van der Waals surface area contributed by atoms with Gasteiger partial charge in [0.15, 0.2) is 0 Å². The molecular weight excluding hydrogens is 265 g/mol. The molecule has 106 valence electrons. The summed E-state index contributed by atoms with van der Waals surface area (Å²) >= 11 is 0. The molecular formula is C13H14FN3O3. The van der Waals surface area contributed by atoms with Crippen molar-refractivity contribution in [2.75, 3.05) is 18.5 Å². The van der Waals surface area contributed by atoms with Crippen molar-refractivity contribution in [1.82, 2.24) is 0 Å². The molecule has 1 saturated heterocycles. The molecule has 1 N–H and O–H groups in total. The fourth-order valence-electron chi connectivity index (χ4n) is 2.15. The van der Waals surface area contributed by atoms with Gasteiger partial charge in [0, 0.05) is 5.41 Å². The SMILES string of the molecule is CC1(C)COC[C@H]1Nc1cc(C#N)cc(F)c1[N+](=O)[O-]. The molecule has 0 amide bonds. The first-order valence-electron chi connectivity index (χ1n) is 6.07. The molecule has 1 aliphatic rings. The first kappa shape index (κ1) is 14.2. The second-order valence-corrected chi connectivity index (χ2v) is 5.42. The summed E-state index contributed by atoms with van der Waals surface area (Å²) in [7, 11) is 0. The number of anilines is 1. The van der Waals surface area contributed by atoms with Crippen LogP contribution in [0.3, 0.4) is 0 Å². The molecule has 0 unspecified atom stereocenters. The number of nitrogens with one attached hydrogen (secondary N) is 1. The lowest BCUT2D eigenvalue weighted by atomic mass is 9.87. The minimum absolute atomic E-state index is 0.00938. The maximum atomic E-state index is 13.8. The molecule has 0 spiro atoms. The number of nitro groups is 1. The highest BCUT2D eigenvalue weighted by atomic mass is 19.1. The Morgan fingerprint density at radius 3 is 2.80 bits per heavy atom. The van der Waals surface area contributed by atoms with Gasteiger partial charge in [0.1, 0.15) is 5.69 Å². The Morgan fingerprint density at radius 2 is 2.30 bits per heavy atom. The number of halogens is 1. The maximum absolute atomic E-state index is 13.8. The normalized spacial score (nSPS) is 20.4. The third-order valence-electron chi connectivity index (χ3n) is 3.41. The van der Waals surface area contributed by atoms with Crippen LogP contribution in [0.25, 0.3) is 0 Å². The molecule has 1 atom stereocenters. The predicted octanol–water partition coefficient (Wildman–Crippen LogP) is 2.44. The summed E-state index contributed by atoms with van der Waals surface area (Å²) in [6.07, 6.45) is 0. The fourth-order valence-corrected chi connectivity index (χ4v) is 2.15. The van der Waals surface area contributed by atoms with Crippen molar-refractivity contribution >= 4 is 11.4 Å². The Hall–Kier alpha value is -2.20. The molecule has 1 aromatic carbocycles. The molecule has 1 fully saturated rings. The third kappa shape index (κ3) is 2.56. The first-order chi connectivity index (χ1) is 9.35. The number of nitriles is 1. The molecule has 0 radical (unpaired) electrons. The van der Waals surface area contributed by atoms with Crippen molar-refractivity contribution in [2.45, 2.75) is 19.9 Å². The van der Waals surface area contributed by atoms with Crippen LogP contribution in [-0.4, -0.2) is 24.2 Å². The molecule has 2 rings (SSSR count). The van der Waals surface area contributed by atoms with Gasteiger partial charge in [-0.25, -0.2) is 0 Å². The Labute approximate surface area is 115 Å². The number of rotatable bonds is 3. The highest BCUT2D eigenvalue weighted by molar-refractivity contribution is 5.65. The fraction of sp³-hybridized carbons (Fsp3) is 0.462. The minimum Gasteiger partial charge on any atom is -0.379 e. The molecule has 0 bridgehead atoms. The average molecular weight is 279 g/mol. The number of nitrogens with zero attached hydrogens (tertiary/aromatic N) is 2. The van der Waals surface area contributed by atoms with E-state index < -0.39 is 16.4 Å². The van der Waals surface area contributed by atoms with Gasteiger partial charge in [-0.3, -0.25) is 10.1 Å². The van der Waals surface area contributed by atoms with Gasteiger partial charge >= 0.3 is 5.69 Å². The largest absolute Gasteiger partial charge is 0.379 e. The van der Waals surface area contributed by atoms with E-state index in [2.05, 4.69) is 5.32 Å². The summed E-state index contributed by atoms with van der Waals surface area (Å²) in [5, 5.41) is 22.8. The van der Waals surface area contributed by atoms with Crippen molar-refractivity contribution in [3.05, 3.63) is 33.6 Å². The molecule has 1 heterocycles. The van der Waals surface area contributed by atoms with Crippen molar-refractivity contribution in [2.24, 2.45) is 5.41 Å². The van der Waals surface area contributed by atoms with E-state index in [9.17, 15) is 14.5 Å². The third-order valence-corrected chi connectivity index (χ3v) is 3.41. The zero-order chi connectivity index (χ0) is 14.9. The molecule has 1 aromatic rings. The van der Waals surface area contributed by atoms with Crippen LogP contribution >= 0.6 is 0 Å². The molecule has 1 aliphatic heterocycles. The van der Waals surface area contributed by atoms with Gasteiger partial charge in [0.2, 0.25) is 5.82 Å². The lowest BCUT2D eigenvalue weighted by Crippen LogP contribution is -2.34. The van der Waals surface area contributed by atoms with Gasteiger partial charge < -0.3 is 10.1 Å². The predicted molar refractivity (Wildman–Crippen MR) is 69.8 cm³/mol. The lowest BCUT2D eigenvalue weighted by molar-refractivity contribution is -0.386. The van der Waals surface area contributed by atoms with Crippen LogP contribution in [0.15, 0.2) is 12.1 Å². The second-order valence-electron chi connectivity index (χ2n) is 5.42. The van der Waals surface area contributed by atoms with Crippen LogP contribution in [0.1, 0.15) is 19.4 Å². The van der Waals surface area contributed by atoms with Crippen molar-refractivity contribution in [3.8, 4) is 6.07 Å². The standard InChI is InChI=1S/C13H14FN3O3/c1-13(2)7-20-6-11(13)16-10-4-8(5-15)3-9(14)12(10)17(18)19/h3-4,11,16H,6-7H2,1-2H3/t11-/m1/s1. The molecule has 20 heavy (non-hydrogen) atoms. The van der Waals surface area contributed by atoms with Crippen LogP contribution in [0.4, 0.5) is 15.8 Å². The average Bonchev–Trinajstić information content (AvgIpc) is 2.67. The van der Waals surface area contributed by atoms with Gasteiger partial charge in [-0.2, -0.15) is 9.65 Å². The van der Waals surface area contributed by atoms with E-state index in [1.165, 1.54) is 6.07 Å². The Kier molecular flexibility index (Phi) is 3.59. The summed E-state index contributed by atoms with van der Waals surface area (Å²) in [6.45, 7) is 4.80. The van der Waals surface area contributed by atoms with Crippen LogP contribution in [0.5, 0.6) is 0 Å². The monoisotopic (exact) mass is 279 g/mol. The smallest absolute Gasteiger partial charge is 0.327 e. The van der Waals surface area contributed by atoms with E-state index in [1.54, 1.807) is 6.07 Å². The van der Waals surface area contributed by atoms with Gasteiger partial charge in [0.25, 0.3) is 0 Å². The maximum Gasteiger partial charge on any atom is 0.327 e. The van der Waals surface area contributed by atoms with Gasteiger partial charge in [-0.05, 0) is 12.1 Å². The van der Waals surface area contributed by atoms with E-state index in [0.29, 0.717) is 13.2 Å². The summed E-state index contributed by atoms with van der Waals surface area (Å²) in [5.74, 6) is -1.02. The van der Waals surface area contributed by atoms with Crippen molar-refractivity contribution in [1.29, 1.82) is 5.26 Å². The van der Waals surface area contributed by atoms with Crippen molar-refractivity contribution in [3.63, 3.8) is 0 Å². The van der Waals surface area contributed by atoms with Crippen molar-refractivity contribution < 1.29 is 14.1 Å². The highest BCUT2D eigenvalue weighted by Gasteiger charge is 2.37. The number of hydrogen-bond donors (Lipinski definition) is 1. The van der Waals surface area contributed by atoms with Crippen LogP contribution < -0.4 is 5.32 Å². The number of nitro benzene ring substituents is 1. The van der Waals surface area contributed by atoms with E-state index >= 15 is 0 Å². The summed E-state index contributed by atoms with van der Waals surface area (Å²) < 4.78 is 19.1. The zero-order valence-corrected chi connectivity index (χ0v) is 11.1. The Balaban J connectivity index is 2.42. The van der Waals surface area contributed by atoms with Crippen LogP contribution in [0, 0.1) is 32.7 Å². The van der Waals surface area contributed by atoms with Gasteiger partial charge in [-0.1, -0.05) is 13.8 Å².